The third kappa shape index (κ3) is 5.09. The lowest BCUT2D eigenvalue weighted by Crippen LogP contribution is -2.38. The summed E-state index contributed by atoms with van der Waals surface area (Å²) in [7, 11) is 1.57. The minimum atomic E-state index is -0.859. The Labute approximate surface area is 113 Å². The van der Waals surface area contributed by atoms with Crippen LogP contribution >= 0.6 is 0 Å². The number of amides is 1. The lowest BCUT2D eigenvalue weighted by Gasteiger charge is -2.28. The van der Waals surface area contributed by atoms with E-state index in [0.29, 0.717) is 6.54 Å². The Bertz CT molecular complexity index is 420. The van der Waals surface area contributed by atoms with Gasteiger partial charge in [0.25, 0.3) is 0 Å². The first-order valence-corrected chi connectivity index (χ1v) is 6.26. The number of carbonyl (C=O) groups is 2. The van der Waals surface area contributed by atoms with Crippen molar-refractivity contribution in [3.8, 4) is 0 Å². The number of carbonyl (C=O) groups excluding carboxylic acids is 1. The molecule has 104 valence electrons. The molecule has 5 nitrogen and oxygen atoms in total. The van der Waals surface area contributed by atoms with Gasteiger partial charge in [-0.05, 0) is 12.5 Å². The smallest absolute Gasteiger partial charge is 0.304 e. The van der Waals surface area contributed by atoms with Crippen LogP contribution in [0.1, 0.15) is 24.9 Å². The topological polar surface area (TPSA) is 69.6 Å². The van der Waals surface area contributed by atoms with Gasteiger partial charge in [-0.3, -0.25) is 14.5 Å². The van der Waals surface area contributed by atoms with Gasteiger partial charge in [0.05, 0.1) is 13.0 Å². The first-order valence-electron chi connectivity index (χ1n) is 6.26. The summed E-state index contributed by atoms with van der Waals surface area (Å²) in [5.41, 5.74) is 1.07. The van der Waals surface area contributed by atoms with E-state index in [9.17, 15) is 9.59 Å². The van der Waals surface area contributed by atoms with E-state index in [2.05, 4.69) is 5.32 Å². The Morgan fingerprint density at radius 3 is 2.47 bits per heavy atom. The molecule has 1 unspecified atom stereocenters. The first-order chi connectivity index (χ1) is 9.04. The van der Waals surface area contributed by atoms with Crippen molar-refractivity contribution in [2.75, 3.05) is 20.1 Å². The molecule has 1 aromatic carbocycles. The van der Waals surface area contributed by atoms with Crippen molar-refractivity contribution in [2.24, 2.45) is 0 Å². The fourth-order valence-electron chi connectivity index (χ4n) is 1.85. The number of likely N-dealkylation sites (N-methyl/N-ethyl adjacent to an activating group) is 1. The molecule has 0 aliphatic rings. The molecule has 19 heavy (non-hydrogen) atoms. The van der Waals surface area contributed by atoms with Gasteiger partial charge in [-0.15, -0.1) is 0 Å². The molecule has 0 aromatic heterocycles. The number of aliphatic carboxylic acids is 1. The quantitative estimate of drug-likeness (QED) is 0.778. The second-order valence-electron chi connectivity index (χ2n) is 4.37. The van der Waals surface area contributed by atoms with Gasteiger partial charge in [0.1, 0.15) is 0 Å². The van der Waals surface area contributed by atoms with E-state index in [1.807, 2.05) is 42.2 Å². The zero-order valence-corrected chi connectivity index (χ0v) is 11.3. The Morgan fingerprint density at radius 2 is 1.95 bits per heavy atom. The van der Waals surface area contributed by atoms with Crippen molar-refractivity contribution in [1.29, 1.82) is 0 Å². The fourth-order valence-corrected chi connectivity index (χ4v) is 1.85. The number of rotatable bonds is 7. The number of nitrogens with one attached hydrogen (secondary N) is 1. The molecule has 5 heteroatoms. The first kappa shape index (κ1) is 15.2. The summed E-state index contributed by atoms with van der Waals surface area (Å²) in [6.07, 6.45) is 0.0220. The van der Waals surface area contributed by atoms with Crippen LogP contribution in [-0.4, -0.2) is 42.0 Å². The zero-order valence-electron chi connectivity index (χ0n) is 11.3. The lowest BCUT2D eigenvalue weighted by molar-refractivity contribution is -0.138. The summed E-state index contributed by atoms with van der Waals surface area (Å²) in [5, 5.41) is 11.3. The van der Waals surface area contributed by atoms with Crippen LogP contribution in [0.3, 0.4) is 0 Å². The predicted molar refractivity (Wildman–Crippen MR) is 72.7 cm³/mol. The largest absolute Gasteiger partial charge is 0.481 e. The third-order valence-electron chi connectivity index (χ3n) is 3.07. The molecule has 0 aliphatic heterocycles. The monoisotopic (exact) mass is 264 g/mol. The van der Waals surface area contributed by atoms with Crippen molar-refractivity contribution in [3.05, 3.63) is 35.9 Å². The standard InChI is InChI=1S/C14H20N2O3/c1-11(12-6-4-3-5-7-12)16(9-8-14(18)19)10-13(17)15-2/h3-7,11H,8-10H2,1-2H3,(H,15,17)(H,18,19). The van der Waals surface area contributed by atoms with Gasteiger partial charge in [-0.2, -0.15) is 0 Å². The van der Waals surface area contributed by atoms with Gasteiger partial charge in [0, 0.05) is 19.6 Å². The minimum Gasteiger partial charge on any atom is -0.481 e. The lowest BCUT2D eigenvalue weighted by atomic mass is 10.1. The van der Waals surface area contributed by atoms with Crippen LogP contribution in [0.5, 0.6) is 0 Å². The number of nitrogens with zero attached hydrogens (tertiary/aromatic N) is 1. The van der Waals surface area contributed by atoms with Crippen molar-refractivity contribution in [3.63, 3.8) is 0 Å². The third-order valence-corrected chi connectivity index (χ3v) is 3.07. The van der Waals surface area contributed by atoms with Crippen molar-refractivity contribution >= 4 is 11.9 Å². The van der Waals surface area contributed by atoms with E-state index in [1.165, 1.54) is 0 Å². The molecule has 0 aliphatic carbocycles. The van der Waals surface area contributed by atoms with Gasteiger partial charge >= 0.3 is 5.97 Å². The molecule has 0 heterocycles. The van der Waals surface area contributed by atoms with Gasteiger partial charge in [0.2, 0.25) is 5.91 Å². The normalized spacial score (nSPS) is 12.2. The number of carboxylic acid groups (broad SMARTS) is 1. The fraction of sp³-hybridized carbons (Fsp3) is 0.429. The van der Waals surface area contributed by atoms with Crippen LogP contribution in [0, 0.1) is 0 Å². The second kappa shape index (κ2) is 7.53. The predicted octanol–water partition coefficient (Wildman–Crippen LogP) is 1.27. The molecule has 1 atom stereocenters. The van der Waals surface area contributed by atoms with Gasteiger partial charge in [0.15, 0.2) is 0 Å². The zero-order chi connectivity index (χ0) is 14.3. The molecule has 1 aromatic rings. The van der Waals surface area contributed by atoms with Gasteiger partial charge in [-0.1, -0.05) is 30.3 Å². The SMILES string of the molecule is CNC(=O)CN(CCC(=O)O)C(C)c1ccccc1. The molecule has 0 fully saturated rings. The summed E-state index contributed by atoms with van der Waals surface area (Å²) in [6.45, 7) is 2.51. The highest BCUT2D eigenvalue weighted by atomic mass is 16.4. The highest BCUT2D eigenvalue weighted by molar-refractivity contribution is 5.77. The van der Waals surface area contributed by atoms with E-state index in [-0.39, 0.29) is 24.9 Å². The van der Waals surface area contributed by atoms with Gasteiger partial charge < -0.3 is 10.4 Å². The van der Waals surface area contributed by atoms with E-state index in [1.54, 1.807) is 7.05 Å². The summed E-state index contributed by atoms with van der Waals surface area (Å²) < 4.78 is 0. The van der Waals surface area contributed by atoms with E-state index >= 15 is 0 Å². The van der Waals surface area contributed by atoms with Crippen molar-refractivity contribution in [2.45, 2.75) is 19.4 Å². The maximum atomic E-state index is 11.5. The number of hydrogen-bond acceptors (Lipinski definition) is 3. The highest BCUT2D eigenvalue weighted by Gasteiger charge is 2.18. The molecule has 2 N–H and O–H groups in total. The maximum absolute atomic E-state index is 11.5. The van der Waals surface area contributed by atoms with Gasteiger partial charge in [-0.25, -0.2) is 0 Å². The van der Waals surface area contributed by atoms with E-state index < -0.39 is 5.97 Å². The van der Waals surface area contributed by atoms with Crippen LogP contribution < -0.4 is 5.32 Å². The maximum Gasteiger partial charge on any atom is 0.304 e. The molecule has 0 spiro atoms. The van der Waals surface area contributed by atoms with Crippen LogP contribution in [-0.2, 0) is 9.59 Å². The summed E-state index contributed by atoms with van der Waals surface area (Å²) in [4.78, 5) is 24.1. The molecule has 1 amide bonds. The Kier molecular flexibility index (Phi) is 6.02. The number of hydrogen-bond donors (Lipinski definition) is 2. The Morgan fingerprint density at radius 1 is 1.32 bits per heavy atom. The number of benzene rings is 1. The minimum absolute atomic E-state index is 0.00199. The summed E-state index contributed by atoms with van der Waals surface area (Å²) in [6, 6.07) is 9.74. The molecule has 0 saturated heterocycles. The van der Waals surface area contributed by atoms with Crippen molar-refractivity contribution < 1.29 is 14.7 Å². The Hall–Kier alpha value is -1.88. The molecular weight excluding hydrogens is 244 g/mol. The average molecular weight is 264 g/mol. The average Bonchev–Trinajstić information content (AvgIpc) is 2.43. The van der Waals surface area contributed by atoms with Crippen LogP contribution in [0.4, 0.5) is 0 Å². The van der Waals surface area contributed by atoms with E-state index in [4.69, 9.17) is 5.11 Å². The molecule has 0 radical (unpaired) electrons. The van der Waals surface area contributed by atoms with Crippen LogP contribution in [0.2, 0.25) is 0 Å². The molecular formula is C14H20N2O3. The van der Waals surface area contributed by atoms with Crippen LogP contribution in [0.25, 0.3) is 0 Å². The van der Waals surface area contributed by atoms with E-state index in [0.717, 1.165) is 5.56 Å². The second-order valence-corrected chi connectivity index (χ2v) is 4.37. The highest BCUT2D eigenvalue weighted by Crippen LogP contribution is 2.19. The molecule has 0 saturated carbocycles. The van der Waals surface area contributed by atoms with Crippen molar-refractivity contribution in [1.82, 2.24) is 10.2 Å². The molecule has 0 bridgehead atoms. The molecule has 1 rings (SSSR count). The summed E-state index contributed by atoms with van der Waals surface area (Å²) in [5.74, 6) is -0.977. The van der Waals surface area contributed by atoms with Crippen LogP contribution in [0.15, 0.2) is 30.3 Å². The number of carboxylic acids is 1. The summed E-state index contributed by atoms with van der Waals surface area (Å²) >= 11 is 0. The Balaban J connectivity index is 2.76.